The van der Waals surface area contributed by atoms with Gasteiger partial charge in [-0.15, -0.1) is 12.3 Å². The lowest BCUT2D eigenvalue weighted by molar-refractivity contribution is -0.122. The smallest absolute Gasteiger partial charge is 0.237 e. The summed E-state index contributed by atoms with van der Waals surface area (Å²) < 4.78 is 0. The highest BCUT2D eigenvalue weighted by molar-refractivity contribution is 5.81. The van der Waals surface area contributed by atoms with Crippen LogP contribution in [0, 0.1) is 18.3 Å². The molecule has 1 unspecified atom stereocenters. The average molecular weight is 226 g/mol. The van der Waals surface area contributed by atoms with E-state index in [0.717, 1.165) is 6.42 Å². The van der Waals surface area contributed by atoms with Crippen molar-refractivity contribution in [2.45, 2.75) is 45.3 Å². The molecule has 0 aliphatic heterocycles. The topological polar surface area (TPSA) is 75.4 Å². The normalized spacial score (nSPS) is 14.2. The summed E-state index contributed by atoms with van der Waals surface area (Å²) in [5.41, 5.74) is 5.50. The SMILES string of the molecule is C#CC[C@H](N)C(=O)NCC(O)CCC(C)C. The van der Waals surface area contributed by atoms with Crippen molar-refractivity contribution < 1.29 is 9.90 Å². The molecule has 0 saturated heterocycles. The zero-order chi connectivity index (χ0) is 12.6. The Morgan fingerprint density at radius 1 is 1.50 bits per heavy atom. The van der Waals surface area contributed by atoms with Gasteiger partial charge in [-0.3, -0.25) is 4.79 Å². The summed E-state index contributed by atoms with van der Waals surface area (Å²) in [7, 11) is 0. The molecule has 0 fully saturated rings. The number of rotatable bonds is 7. The number of terminal acetylenes is 1. The fourth-order valence-corrected chi connectivity index (χ4v) is 1.20. The standard InChI is InChI=1S/C12H22N2O2/c1-4-5-11(13)12(16)14-8-10(15)7-6-9(2)3/h1,9-11,15H,5-8,13H2,2-3H3,(H,14,16)/t10?,11-/m0/s1. The Bertz CT molecular complexity index is 246. The van der Waals surface area contributed by atoms with Gasteiger partial charge in [-0.2, -0.15) is 0 Å². The number of carbonyl (C=O) groups excluding carboxylic acids is 1. The second-order valence-electron chi connectivity index (χ2n) is 4.38. The maximum absolute atomic E-state index is 11.3. The third-order valence-electron chi connectivity index (χ3n) is 2.26. The monoisotopic (exact) mass is 226 g/mol. The fourth-order valence-electron chi connectivity index (χ4n) is 1.20. The Kier molecular flexibility index (Phi) is 7.61. The lowest BCUT2D eigenvalue weighted by Crippen LogP contribution is -2.43. The van der Waals surface area contributed by atoms with Crippen LogP contribution in [0.1, 0.15) is 33.1 Å². The van der Waals surface area contributed by atoms with Crippen molar-refractivity contribution in [2.75, 3.05) is 6.54 Å². The summed E-state index contributed by atoms with van der Waals surface area (Å²) in [6.45, 7) is 4.42. The molecular formula is C12H22N2O2. The first-order chi connectivity index (χ1) is 7.47. The summed E-state index contributed by atoms with van der Waals surface area (Å²) in [4.78, 5) is 11.3. The van der Waals surface area contributed by atoms with Gasteiger partial charge in [0.25, 0.3) is 0 Å². The van der Waals surface area contributed by atoms with E-state index in [1.54, 1.807) is 0 Å². The number of carbonyl (C=O) groups is 1. The number of nitrogens with two attached hydrogens (primary N) is 1. The van der Waals surface area contributed by atoms with E-state index in [2.05, 4.69) is 25.1 Å². The molecule has 1 amide bonds. The van der Waals surface area contributed by atoms with Crippen LogP contribution < -0.4 is 11.1 Å². The van der Waals surface area contributed by atoms with Crippen LogP contribution in [0.5, 0.6) is 0 Å². The van der Waals surface area contributed by atoms with Crippen LogP contribution in [0.2, 0.25) is 0 Å². The molecule has 0 rings (SSSR count). The predicted octanol–water partition coefficient (Wildman–Crippen LogP) is 0.250. The van der Waals surface area contributed by atoms with Crippen LogP contribution in [-0.2, 0) is 4.79 Å². The van der Waals surface area contributed by atoms with Crippen molar-refractivity contribution in [3.05, 3.63) is 0 Å². The van der Waals surface area contributed by atoms with Crippen molar-refractivity contribution in [1.29, 1.82) is 0 Å². The van der Waals surface area contributed by atoms with E-state index in [1.807, 2.05) is 0 Å². The van der Waals surface area contributed by atoms with Gasteiger partial charge in [0.05, 0.1) is 12.1 Å². The summed E-state index contributed by atoms with van der Waals surface area (Å²) in [6.07, 6.45) is 6.37. The molecule has 92 valence electrons. The number of aliphatic hydroxyl groups excluding tert-OH is 1. The number of hydrogen-bond donors (Lipinski definition) is 3. The minimum atomic E-state index is -0.678. The van der Waals surface area contributed by atoms with Gasteiger partial charge in [0.15, 0.2) is 0 Å². The third kappa shape index (κ3) is 7.27. The van der Waals surface area contributed by atoms with Gasteiger partial charge < -0.3 is 16.2 Å². The molecule has 0 heterocycles. The van der Waals surface area contributed by atoms with E-state index in [-0.39, 0.29) is 18.9 Å². The molecule has 0 aliphatic rings. The van der Waals surface area contributed by atoms with Crippen molar-refractivity contribution in [2.24, 2.45) is 11.7 Å². The maximum Gasteiger partial charge on any atom is 0.237 e. The first-order valence-electron chi connectivity index (χ1n) is 5.62. The molecule has 0 aromatic carbocycles. The van der Waals surface area contributed by atoms with Gasteiger partial charge in [0, 0.05) is 13.0 Å². The lowest BCUT2D eigenvalue weighted by atomic mass is 10.0. The van der Waals surface area contributed by atoms with Crippen LogP contribution >= 0.6 is 0 Å². The summed E-state index contributed by atoms with van der Waals surface area (Å²) >= 11 is 0. The van der Waals surface area contributed by atoms with Gasteiger partial charge in [-0.05, 0) is 18.8 Å². The van der Waals surface area contributed by atoms with Crippen LogP contribution in [0.25, 0.3) is 0 Å². The molecule has 0 aliphatic carbocycles. The highest BCUT2D eigenvalue weighted by atomic mass is 16.3. The van der Waals surface area contributed by atoms with Crippen molar-refractivity contribution in [3.63, 3.8) is 0 Å². The molecule has 0 saturated carbocycles. The minimum Gasteiger partial charge on any atom is -0.391 e. The Labute approximate surface area is 97.6 Å². The van der Waals surface area contributed by atoms with Crippen molar-refractivity contribution in [1.82, 2.24) is 5.32 Å². The predicted molar refractivity (Wildman–Crippen MR) is 64.5 cm³/mol. The molecule has 16 heavy (non-hydrogen) atoms. The zero-order valence-corrected chi connectivity index (χ0v) is 10.1. The first kappa shape index (κ1) is 14.9. The highest BCUT2D eigenvalue weighted by Crippen LogP contribution is 2.05. The van der Waals surface area contributed by atoms with Gasteiger partial charge in [-0.1, -0.05) is 13.8 Å². The number of amides is 1. The number of aliphatic hydroxyl groups is 1. The van der Waals surface area contributed by atoms with Gasteiger partial charge in [0.1, 0.15) is 0 Å². The minimum absolute atomic E-state index is 0.216. The maximum atomic E-state index is 11.3. The first-order valence-corrected chi connectivity index (χ1v) is 5.62. The summed E-state index contributed by atoms with van der Waals surface area (Å²) in [5, 5.41) is 12.1. The molecule has 0 radical (unpaired) electrons. The third-order valence-corrected chi connectivity index (χ3v) is 2.26. The van der Waals surface area contributed by atoms with Crippen LogP contribution in [0.3, 0.4) is 0 Å². The van der Waals surface area contributed by atoms with E-state index in [9.17, 15) is 9.90 Å². The number of nitrogens with one attached hydrogen (secondary N) is 1. The fraction of sp³-hybridized carbons (Fsp3) is 0.750. The molecule has 0 bridgehead atoms. The van der Waals surface area contributed by atoms with Crippen molar-refractivity contribution >= 4 is 5.91 Å². The molecule has 0 spiro atoms. The molecule has 4 nitrogen and oxygen atoms in total. The Hall–Kier alpha value is -1.05. The molecular weight excluding hydrogens is 204 g/mol. The average Bonchev–Trinajstić information content (AvgIpc) is 2.23. The van der Waals surface area contributed by atoms with Crippen molar-refractivity contribution in [3.8, 4) is 12.3 Å². The van der Waals surface area contributed by atoms with Gasteiger partial charge in [0.2, 0.25) is 5.91 Å². The Balaban J connectivity index is 3.71. The summed E-state index contributed by atoms with van der Waals surface area (Å²) in [5.74, 6) is 2.57. The van der Waals surface area contributed by atoms with Crippen LogP contribution in [0.4, 0.5) is 0 Å². The second kappa shape index (κ2) is 8.14. The highest BCUT2D eigenvalue weighted by Gasteiger charge is 2.13. The largest absolute Gasteiger partial charge is 0.391 e. The molecule has 0 aromatic heterocycles. The Morgan fingerprint density at radius 2 is 2.12 bits per heavy atom. The van der Waals surface area contributed by atoms with E-state index in [1.165, 1.54) is 0 Å². The van der Waals surface area contributed by atoms with E-state index < -0.39 is 12.1 Å². The molecule has 0 aromatic rings. The molecule has 2 atom stereocenters. The van der Waals surface area contributed by atoms with Crippen LogP contribution in [0.15, 0.2) is 0 Å². The quantitative estimate of drug-likeness (QED) is 0.545. The van der Waals surface area contributed by atoms with Gasteiger partial charge >= 0.3 is 0 Å². The zero-order valence-electron chi connectivity index (χ0n) is 10.1. The second-order valence-corrected chi connectivity index (χ2v) is 4.38. The lowest BCUT2D eigenvalue weighted by Gasteiger charge is -2.14. The van der Waals surface area contributed by atoms with E-state index >= 15 is 0 Å². The van der Waals surface area contributed by atoms with Crippen LogP contribution in [-0.4, -0.2) is 29.7 Å². The van der Waals surface area contributed by atoms with E-state index in [4.69, 9.17) is 12.2 Å². The molecule has 4 N–H and O–H groups in total. The number of hydrogen-bond acceptors (Lipinski definition) is 3. The van der Waals surface area contributed by atoms with E-state index in [0.29, 0.717) is 12.3 Å². The van der Waals surface area contributed by atoms with Gasteiger partial charge in [-0.25, -0.2) is 0 Å². The summed E-state index contributed by atoms with van der Waals surface area (Å²) in [6, 6.07) is -0.678. The Morgan fingerprint density at radius 3 is 2.62 bits per heavy atom. The molecule has 4 heteroatoms.